The molecule has 512 valence electrons. The Hall–Kier alpha value is -1.79. The van der Waals surface area contributed by atoms with E-state index in [1.54, 1.807) is 0 Å². The molecule has 2 rings (SSSR count). The number of rotatable bonds is 61. The first-order valence-corrected chi connectivity index (χ1v) is 36.7. The number of hydrogen-bond acceptors (Lipinski definition) is 13. The molecule has 0 saturated carbocycles. The van der Waals surface area contributed by atoms with Gasteiger partial charge in [0.05, 0.1) is 32.0 Å². The van der Waals surface area contributed by atoms with E-state index in [0.717, 1.165) is 64.2 Å². The predicted octanol–water partition coefficient (Wildman–Crippen LogP) is 15.3. The Balaban J connectivity index is 1.62. The van der Waals surface area contributed by atoms with Gasteiger partial charge in [0.1, 0.15) is 48.8 Å². The summed E-state index contributed by atoms with van der Waals surface area (Å²) in [7, 11) is 0. The molecule has 87 heavy (non-hydrogen) atoms. The fraction of sp³-hybridized carbons (Fsp3) is 0.904. The predicted molar refractivity (Wildman–Crippen MR) is 355 cm³/mol. The van der Waals surface area contributed by atoms with Crippen molar-refractivity contribution in [3.05, 3.63) is 36.5 Å². The second kappa shape index (κ2) is 58.1. The molecule has 2 saturated heterocycles. The van der Waals surface area contributed by atoms with Crippen LogP contribution in [0.1, 0.15) is 328 Å². The molecule has 2 fully saturated rings. The highest BCUT2D eigenvalue weighted by molar-refractivity contribution is 5.76. The average Bonchev–Trinajstić information content (AvgIpc) is 2.59. The average molecular weight is 1240 g/mol. The van der Waals surface area contributed by atoms with Gasteiger partial charge in [-0.3, -0.25) is 4.79 Å². The number of allylic oxidation sites excluding steroid dienone is 6. The minimum Gasteiger partial charge on any atom is -0.394 e. The smallest absolute Gasteiger partial charge is 0.220 e. The van der Waals surface area contributed by atoms with Crippen LogP contribution in [0.25, 0.3) is 0 Å². The number of nitrogens with one attached hydrogen (secondary N) is 1. The molecule has 1 amide bonds. The largest absolute Gasteiger partial charge is 0.394 e. The van der Waals surface area contributed by atoms with E-state index < -0.39 is 86.8 Å². The van der Waals surface area contributed by atoms with Gasteiger partial charge in [-0.05, 0) is 51.4 Å². The summed E-state index contributed by atoms with van der Waals surface area (Å²) in [5.41, 5.74) is 0. The number of unbranched alkanes of at least 4 members (excludes halogenated alkanes) is 42. The van der Waals surface area contributed by atoms with Gasteiger partial charge >= 0.3 is 0 Å². The summed E-state index contributed by atoms with van der Waals surface area (Å²) in [5.74, 6) is -0.201. The molecule has 9 N–H and O–H groups in total. The van der Waals surface area contributed by atoms with Crippen molar-refractivity contribution in [1.82, 2.24) is 5.32 Å². The zero-order valence-electron chi connectivity index (χ0n) is 55.8. The van der Waals surface area contributed by atoms with Crippen molar-refractivity contribution in [2.24, 2.45) is 0 Å². The van der Waals surface area contributed by atoms with Gasteiger partial charge < -0.3 is 65.1 Å². The maximum atomic E-state index is 13.4. The normalized spacial score (nSPS) is 23.4. The minimum absolute atomic E-state index is 0.201. The number of hydrogen-bond donors (Lipinski definition) is 9. The Kier molecular flexibility index (Phi) is 54.3. The molecule has 0 aromatic rings. The Labute approximate surface area is 531 Å². The maximum absolute atomic E-state index is 13.4. The van der Waals surface area contributed by atoms with Gasteiger partial charge in [0.25, 0.3) is 0 Å². The van der Waals surface area contributed by atoms with Crippen molar-refractivity contribution in [2.75, 3.05) is 19.8 Å². The molecule has 14 nitrogen and oxygen atoms in total. The fourth-order valence-corrected chi connectivity index (χ4v) is 12.2. The van der Waals surface area contributed by atoms with Crippen molar-refractivity contribution >= 4 is 5.91 Å². The van der Waals surface area contributed by atoms with E-state index in [1.165, 1.54) is 238 Å². The van der Waals surface area contributed by atoms with E-state index in [0.29, 0.717) is 12.8 Å². The standard InChI is InChI=1S/C73H137NO13/c1-3-5-7-9-11-13-15-17-19-21-23-25-26-27-28-29-30-31-32-33-34-35-36-37-39-41-43-45-47-49-51-53-55-57-65(78)74-61(62(77)56-54-52-50-48-46-44-42-40-38-24-22-20-18-16-14-12-10-8-6-4-2)60-84-72-70(83)68(81)71(64(59-76)86-72)87-73-69(82)67(80)66(79)63(58-75)85-73/h15,17,21,23,26-27,61-64,66-73,75-77,79-83H,3-14,16,18-20,22,24-25,28-60H2,1-2H3,(H,74,78)/b17-15-,23-21-,27-26-. The number of amides is 1. The number of ether oxygens (including phenoxy) is 4. The van der Waals surface area contributed by atoms with E-state index in [-0.39, 0.29) is 12.5 Å². The number of carbonyl (C=O) groups is 1. The highest BCUT2D eigenvalue weighted by Gasteiger charge is 2.51. The molecule has 0 radical (unpaired) electrons. The lowest BCUT2D eigenvalue weighted by Gasteiger charge is -2.46. The summed E-state index contributed by atoms with van der Waals surface area (Å²) in [6, 6.07) is -0.828. The lowest BCUT2D eigenvalue weighted by molar-refractivity contribution is -0.359. The Bertz CT molecular complexity index is 1600. The molecule has 0 aliphatic carbocycles. The van der Waals surface area contributed by atoms with Crippen molar-refractivity contribution in [2.45, 2.75) is 402 Å². The van der Waals surface area contributed by atoms with Crippen LogP contribution in [-0.2, 0) is 23.7 Å². The molecule has 0 aromatic carbocycles. The third-order valence-corrected chi connectivity index (χ3v) is 18.1. The monoisotopic (exact) mass is 1240 g/mol. The molecule has 12 unspecified atom stereocenters. The van der Waals surface area contributed by atoms with E-state index in [9.17, 15) is 45.6 Å². The third kappa shape index (κ3) is 42.1. The van der Waals surface area contributed by atoms with Crippen LogP contribution in [0.15, 0.2) is 36.5 Å². The summed E-state index contributed by atoms with van der Waals surface area (Å²) in [6.07, 6.45) is 57.3. The second-order valence-electron chi connectivity index (χ2n) is 26.1. The van der Waals surface area contributed by atoms with Crippen LogP contribution in [0, 0.1) is 0 Å². The van der Waals surface area contributed by atoms with E-state index >= 15 is 0 Å². The SMILES string of the molecule is CCCCCCC/C=C\C/C=C\C/C=C\CCCCCCCCCCCCCCCCCCCCC(=O)NC(COC1OC(CO)C(OC2OC(CO)C(O)C(O)C2O)C(O)C1O)C(O)CCCCCCCCCCCCCCCCCCCCCC. The number of aliphatic hydroxyl groups excluding tert-OH is 8. The van der Waals surface area contributed by atoms with Gasteiger partial charge in [-0.2, -0.15) is 0 Å². The molecule has 14 heteroatoms. The number of carbonyl (C=O) groups excluding carboxylic acids is 1. The number of aliphatic hydroxyl groups is 8. The van der Waals surface area contributed by atoms with Gasteiger partial charge in [-0.25, -0.2) is 0 Å². The lowest BCUT2D eigenvalue weighted by atomic mass is 9.97. The highest BCUT2D eigenvalue weighted by Crippen LogP contribution is 2.30. The van der Waals surface area contributed by atoms with Crippen molar-refractivity contribution in [1.29, 1.82) is 0 Å². The molecule has 0 aromatic heterocycles. The quantitative estimate of drug-likeness (QED) is 0.0204. The van der Waals surface area contributed by atoms with Gasteiger partial charge in [0, 0.05) is 6.42 Å². The molecule has 2 aliphatic heterocycles. The van der Waals surface area contributed by atoms with Gasteiger partial charge in [0.15, 0.2) is 12.6 Å². The first-order valence-electron chi connectivity index (χ1n) is 36.7. The van der Waals surface area contributed by atoms with Crippen molar-refractivity contribution in [3.63, 3.8) is 0 Å². The van der Waals surface area contributed by atoms with Crippen LogP contribution < -0.4 is 5.32 Å². The summed E-state index contributed by atoms with van der Waals surface area (Å²) in [5, 5.41) is 87.7. The zero-order chi connectivity index (χ0) is 63.1. The molecular weight excluding hydrogens is 1100 g/mol. The minimum atomic E-state index is -1.78. The van der Waals surface area contributed by atoms with Crippen LogP contribution in [0.4, 0.5) is 0 Å². The Morgan fingerprint density at radius 2 is 0.759 bits per heavy atom. The van der Waals surface area contributed by atoms with Crippen LogP contribution in [-0.4, -0.2) is 140 Å². The molecular formula is C73H137NO13. The summed E-state index contributed by atoms with van der Waals surface area (Å²) in [6.45, 7) is 2.90. The molecule has 0 spiro atoms. The van der Waals surface area contributed by atoms with Crippen LogP contribution in [0.3, 0.4) is 0 Å². The molecule has 2 aliphatic rings. The fourth-order valence-electron chi connectivity index (χ4n) is 12.2. The summed E-state index contributed by atoms with van der Waals surface area (Å²) < 4.78 is 22.9. The Morgan fingerprint density at radius 3 is 1.16 bits per heavy atom. The molecule has 12 atom stereocenters. The first kappa shape index (κ1) is 81.3. The van der Waals surface area contributed by atoms with Crippen molar-refractivity contribution < 1.29 is 64.6 Å². The van der Waals surface area contributed by atoms with Crippen molar-refractivity contribution in [3.8, 4) is 0 Å². The topological polar surface area (TPSA) is 228 Å². The van der Waals surface area contributed by atoms with E-state index in [1.807, 2.05) is 0 Å². The summed E-state index contributed by atoms with van der Waals surface area (Å²) >= 11 is 0. The molecule has 0 bridgehead atoms. The third-order valence-electron chi connectivity index (χ3n) is 18.1. The maximum Gasteiger partial charge on any atom is 0.220 e. The second-order valence-corrected chi connectivity index (χ2v) is 26.1. The van der Waals surface area contributed by atoms with Gasteiger partial charge in [-0.15, -0.1) is 0 Å². The summed E-state index contributed by atoms with van der Waals surface area (Å²) in [4.78, 5) is 13.4. The Morgan fingerprint density at radius 1 is 0.414 bits per heavy atom. The molecule has 2 heterocycles. The van der Waals surface area contributed by atoms with E-state index in [2.05, 4.69) is 55.6 Å². The lowest BCUT2D eigenvalue weighted by Crippen LogP contribution is -2.65. The van der Waals surface area contributed by atoms with E-state index in [4.69, 9.17) is 18.9 Å². The first-order chi connectivity index (χ1) is 42.6. The van der Waals surface area contributed by atoms with Crippen LogP contribution in [0.2, 0.25) is 0 Å². The van der Waals surface area contributed by atoms with Crippen LogP contribution >= 0.6 is 0 Å². The zero-order valence-corrected chi connectivity index (χ0v) is 55.8. The highest BCUT2D eigenvalue weighted by atomic mass is 16.7. The van der Waals surface area contributed by atoms with Gasteiger partial charge in [-0.1, -0.05) is 307 Å². The van der Waals surface area contributed by atoms with Gasteiger partial charge in [0.2, 0.25) is 5.91 Å². The van der Waals surface area contributed by atoms with Crippen LogP contribution in [0.5, 0.6) is 0 Å².